The topological polar surface area (TPSA) is 109 Å². The molecule has 1 saturated heterocycles. The molecule has 2 aromatic rings. The summed E-state index contributed by atoms with van der Waals surface area (Å²) in [7, 11) is 0. The van der Waals surface area contributed by atoms with Crippen LogP contribution in [0.5, 0.6) is 11.5 Å². The van der Waals surface area contributed by atoms with E-state index in [-0.39, 0.29) is 24.1 Å². The maximum absolute atomic E-state index is 12.9. The van der Waals surface area contributed by atoms with Gasteiger partial charge in [0.2, 0.25) is 12.7 Å². The number of carbonyl (C=O) groups excluding carboxylic acids is 2. The summed E-state index contributed by atoms with van der Waals surface area (Å²) < 4.78 is 10.6. The number of fused-ring (bicyclic) bond motifs is 3. The van der Waals surface area contributed by atoms with E-state index in [1.807, 2.05) is 4.90 Å². The number of likely N-dealkylation sites (tertiary alicyclic amines) is 1. The number of carbonyl (C=O) groups is 2. The van der Waals surface area contributed by atoms with Gasteiger partial charge in [0.25, 0.3) is 5.91 Å². The van der Waals surface area contributed by atoms with Gasteiger partial charge in [0.15, 0.2) is 11.5 Å². The molecule has 3 N–H and O–H groups in total. The molecule has 3 aliphatic heterocycles. The second kappa shape index (κ2) is 7.32. The van der Waals surface area contributed by atoms with Gasteiger partial charge >= 0.3 is 0 Å². The number of amides is 2. The first-order valence-electron chi connectivity index (χ1n) is 10.3. The molecule has 4 heterocycles. The van der Waals surface area contributed by atoms with Gasteiger partial charge in [-0.3, -0.25) is 9.59 Å². The summed E-state index contributed by atoms with van der Waals surface area (Å²) in [6.07, 6.45) is 4.31. The number of imidazole rings is 1. The second-order valence-electron chi connectivity index (χ2n) is 8.08. The Labute approximate surface area is 174 Å². The lowest BCUT2D eigenvalue weighted by molar-refractivity contribution is -0.134. The molecule has 1 fully saturated rings. The zero-order valence-electron chi connectivity index (χ0n) is 16.9. The lowest BCUT2D eigenvalue weighted by Gasteiger charge is -2.44. The molecule has 30 heavy (non-hydrogen) atoms. The molecule has 0 unspecified atom stereocenters. The predicted octanol–water partition coefficient (Wildman–Crippen LogP) is 0.920. The molecule has 9 nitrogen and oxygen atoms in total. The number of hydrogen-bond donors (Lipinski definition) is 3. The summed E-state index contributed by atoms with van der Waals surface area (Å²) in [5.74, 6) is 0.782. The molecule has 9 heteroatoms. The fraction of sp³-hybridized carbons (Fsp3) is 0.476. The van der Waals surface area contributed by atoms with Crippen molar-refractivity contribution in [2.24, 2.45) is 0 Å². The Morgan fingerprint density at radius 3 is 2.87 bits per heavy atom. The summed E-state index contributed by atoms with van der Waals surface area (Å²) in [6.45, 7) is 4.04. The van der Waals surface area contributed by atoms with Crippen LogP contribution in [0.15, 0.2) is 24.5 Å². The number of rotatable bonds is 3. The Morgan fingerprint density at radius 2 is 2.03 bits per heavy atom. The Balaban J connectivity index is 1.20. The third-order valence-electron chi connectivity index (χ3n) is 6.29. The van der Waals surface area contributed by atoms with Crippen LogP contribution in [0.2, 0.25) is 0 Å². The first-order valence-corrected chi connectivity index (χ1v) is 10.3. The minimum atomic E-state index is -0.614. The maximum atomic E-state index is 12.9. The number of nitrogens with one attached hydrogen (secondary N) is 3. The van der Waals surface area contributed by atoms with Crippen molar-refractivity contribution in [3.05, 3.63) is 41.5 Å². The third kappa shape index (κ3) is 3.19. The van der Waals surface area contributed by atoms with E-state index in [4.69, 9.17) is 9.47 Å². The van der Waals surface area contributed by atoms with Crippen molar-refractivity contribution in [3.63, 3.8) is 0 Å². The summed E-state index contributed by atoms with van der Waals surface area (Å²) >= 11 is 0. The highest BCUT2D eigenvalue weighted by molar-refractivity contribution is 5.98. The normalized spacial score (nSPS) is 20.0. The molecule has 1 atom stereocenters. The standard InChI is InChI=1S/C21H25N5O4/c1-13(25-19(27)14-2-3-16-17(10-14)30-12-29-16)20(28)26-8-5-21(6-9-26)18-15(4-7-24-21)22-11-23-18/h2-3,10-11,13,24H,4-9,12H2,1H3,(H,22,23)(H,25,27)/t13-/m0/s1. The lowest BCUT2D eigenvalue weighted by Crippen LogP contribution is -2.57. The average Bonchev–Trinajstić information content (AvgIpc) is 3.43. The highest BCUT2D eigenvalue weighted by Crippen LogP contribution is 2.36. The summed E-state index contributed by atoms with van der Waals surface area (Å²) in [6, 6.07) is 4.39. The minimum absolute atomic E-state index is 0.0722. The molecule has 1 aromatic heterocycles. The van der Waals surface area contributed by atoms with Crippen molar-refractivity contribution in [3.8, 4) is 11.5 Å². The van der Waals surface area contributed by atoms with Crippen molar-refractivity contribution in [1.29, 1.82) is 0 Å². The number of piperidine rings is 1. The molecule has 158 valence electrons. The van der Waals surface area contributed by atoms with Gasteiger partial charge in [0, 0.05) is 37.3 Å². The minimum Gasteiger partial charge on any atom is -0.454 e. The second-order valence-corrected chi connectivity index (χ2v) is 8.08. The molecule has 1 spiro atoms. The lowest BCUT2D eigenvalue weighted by atomic mass is 9.80. The van der Waals surface area contributed by atoms with E-state index >= 15 is 0 Å². The number of benzene rings is 1. The van der Waals surface area contributed by atoms with Crippen LogP contribution < -0.4 is 20.1 Å². The van der Waals surface area contributed by atoms with Gasteiger partial charge in [-0.2, -0.15) is 0 Å². The van der Waals surface area contributed by atoms with E-state index in [2.05, 4.69) is 20.6 Å². The molecule has 1 aromatic carbocycles. The van der Waals surface area contributed by atoms with Gasteiger partial charge in [-0.05, 0) is 38.0 Å². The van der Waals surface area contributed by atoms with E-state index in [0.717, 1.165) is 31.5 Å². The molecular weight excluding hydrogens is 386 g/mol. The fourth-order valence-electron chi connectivity index (χ4n) is 4.61. The third-order valence-corrected chi connectivity index (χ3v) is 6.29. The molecule has 2 amide bonds. The van der Waals surface area contributed by atoms with Crippen LogP contribution in [0, 0.1) is 0 Å². The van der Waals surface area contributed by atoms with Crippen LogP contribution >= 0.6 is 0 Å². The largest absolute Gasteiger partial charge is 0.454 e. The Morgan fingerprint density at radius 1 is 1.23 bits per heavy atom. The van der Waals surface area contributed by atoms with Crippen LogP contribution in [0.25, 0.3) is 0 Å². The highest BCUT2D eigenvalue weighted by Gasteiger charge is 2.42. The average molecular weight is 411 g/mol. The van der Waals surface area contributed by atoms with E-state index in [1.165, 1.54) is 5.69 Å². The summed E-state index contributed by atoms with van der Waals surface area (Å²) in [5.41, 5.74) is 2.56. The van der Waals surface area contributed by atoms with Crippen LogP contribution in [0.4, 0.5) is 0 Å². The number of ether oxygens (including phenoxy) is 2. The molecule has 0 radical (unpaired) electrons. The van der Waals surface area contributed by atoms with Gasteiger partial charge in [-0.1, -0.05) is 0 Å². The highest BCUT2D eigenvalue weighted by atomic mass is 16.7. The Kier molecular flexibility index (Phi) is 4.62. The van der Waals surface area contributed by atoms with Gasteiger partial charge < -0.3 is 30.0 Å². The zero-order chi connectivity index (χ0) is 20.7. The Bertz CT molecular complexity index is 980. The first-order chi connectivity index (χ1) is 14.6. The number of nitrogens with zero attached hydrogens (tertiary/aromatic N) is 2. The van der Waals surface area contributed by atoms with Crippen LogP contribution in [0.3, 0.4) is 0 Å². The number of aromatic nitrogens is 2. The van der Waals surface area contributed by atoms with Crippen LogP contribution in [-0.2, 0) is 16.8 Å². The van der Waals surface area contributed by atoms with Crippen molar-refractivity contribution in [1.82, 2.24) is 25.5 Å². The quantitative estimate of drug-likeness (QED) is 0.693. The molecular formula is C21H25N5O4. The van der Waals surface area contributed by atoms with Gasteiger partial charge in [-0.25, -0.2) is 4.98 Å². The van der Waals surface area contributed by atoms with Crippen molar-refractivity contribution >= 4 is 11.8 Å². The van der Waals surface area contributed by atoms with Crippen molar-refractivity contribution < 1.29 is 19.1 Å². The summed E-state index contributed by atoms with van der Waals surface area (Å²) in [4.78, 5) is 35.1. The maximum Gasteiger partial charge on any atom is 0.252 e. The van der Waals surface area contributed by atoms with Gasteiger partial charge in [0.05, 0.1) is 17.6 Å². The SMILES string of the molecule is C[C@H](NC(=O)c1ccc2c(c1)OCO2)C(=O)N1CCC2(CC1)NCCc1[nH]cnc12. The van der Waals surface area contributed by atoms with E-state index in [0.29, 0.717) is 30.2 Å². The van der Waals surface area contributed by atoms with E-state index in [1.54, 1.807) is 31.5 Å². The monoisotopic (exact) mass is 411 g/mol. The zero-order valence-corrected chi connectivity index (χ0v) is 16.9. The van der Waals surface area contributed by atoms with Crippen molar-refractivity contribution in [2.75, 3.05) is 26.4 Å². The molecule has 0 bridgehead atoms. The smallest absolute Gasteiger partial charge is 0.252 e. The van der Waals surface area contributed by atoms with Gasteiger partial charge in [-0.15, -0.1) is 0 Å². The van der Waals surface area contributed by atoms with E-state index < -0.39 is 6.04 Å². The summed E-state index contributed by atoms with van der Waals surface area (Å²) in [5, 5.41) is 6.43. The predicted molar refractivity (Wildman–Crippen MR) is 107 cm³/mol. The van der Waals surface area contributed by atoms with Gasteiger partial charge in [0.1, 0.15) is 6.04 Å². The fourth-order valence-corrected chi connectivity index (χ4v) is 4.61. The van der Waals surface area contributed by atoms with Crippen molar-refractivity contribution in [2.45, 2.75) is 37.8 Å². The van der Waals surface area contributed by atoms with Crippen LogP contribution in [-0.4, -0.2) is 59.2 Å². The van der Waals surface area contributed by atoms with Crippen LogP contribution in [0.1, 0.15) is 41.5 Å². The molecule has 0 saturated carbocycles. The number of H-pyrrole nitrogens is 1. The number of hydrogen-bond acceptors (Lipinski definition) is 6. The molecule has 5 rings (SSSR count). The first kappa shape index (κ1) is 18.9. The van der Waals surface area contributed by atoms with E-state index in [9.17, 15) is 9.59 Å². The number of aromatic amines is 1. The molecule has 0 aliphatic carbocycles. The Hall–Kier alpha value is -3.07. The molecule has 3 aliphatic rings.